The lowest BCUT2D eigenvalue weighted by molar-refractivity contribution is -0.137. The number of rotatable bonds is 6. The Morgan fingerprint density at radius 2 is 1.97 bits per heavy atom. The van der Waals surface area contributed by atoms with Gasteiger partial charge in [0, 0.05) is 37.1 Å². The van der Waals surface area contributed by atoms with Crippen LogP contribution in [-0.2, 0) is 21.4 Å². The summed E-state index contributed by atoms with van der Waals surface area (Å²) in [5.41, 5.74) is -0.634. The predicted molar refractivity (Wildman–Crippen MR) is 113 cm³/mol. The minimum Gasteiger partial charge on any atom is -0.484 e. The number of nitrogens with zero attached hydrogens (tertiary/aromatic N) is 2. The molecule has 0 spiro atoms. The topological polar surface area (TPSA) is 76.6 Å². The summed E-state index contributed by atoms with van der Waals surface area (Å²) >= 11 is 0.493. The summed E-state index contributed by atoms with van der Waals surface area (Å²) in [6.45, 7) is 2.09. The highest BCUT2D eigenvalue weighted by Gasteiger charge is 2.63. The zero-order valence-electron chi connectivity index (χ0n) is 18.3. The molecule has 2 fully saturated rings. The summed E-state index contributed by atoms with van der Waals surface area (Å²) in [6.07, 6.45) is -4.64. The van der Waals surface area contributed by atoms with Gasteiger partial charge in [0.2, 0.25) is 0 Å². The van der Waals surface area contributed by atoms with Gasteiger partial charge in [-0.3, -0.25) is 4.79 Å². The number of piperidine rings is 1. The molecule has 2 unspecified atom stereocenters. The van der Waals surface area contributed by atoms with Gasteiger partial charge < -0.3 is 9.64 Å². The first-order valence-electron chi connectivity index (χ1n) is 10.2. The van der Waals surface area contributed by atoms with Crippen molar-refractivity contribution in [2.24, 2.45) is 5.92 Å². The zero-order valence-corrected chi connectivity index (χ0v) is 20.0. The molecular formula is C21H21F5N2O4S2. The van der Waals surface area contributed by atoms with E-state index in [2.05, 4.69) is 4.98 Å². The van der Waals surface area contributed by atoms with Crippen LogP contribution >= 0.6 is 11.3 Å². The lowest BCUT2D eigenvalue weighted by Gasteiger charge is -2.25. The minimum absolute atomic E-state index is 0.0829. The number of aromatic nitrogens is 1. The van der Waals surface area contributed by atoms with Crippen LogP contribution in [0.3, 0.4) is 0 Å². The molecule has 1 amide bonds. The summed E-state index contributed by atoms with van der Waals surface area (Å²) in [5, 5.41) is 0.388. The highest BCUT2D eigenvalue weighted by molar-refractivity contribution is 7.90. The molecular weight excluding hydrogens is 503 g/mol. The summed E-state index contributed by atoms with van der Waals surface area (Å²) in [4.78, 5) is 18.3. The largest absolute Gasteiger partial charge is 0.484 e. The summed E-state index contributed by atoms with van der Waals surface area (Å²) < 4.78 is 95.7. The van der Waals surface area contributed by atoms with E-state index in [0.29, 0.717) is 24.7 Å². The van der Waals surface area contributed by atoms with Crippen molar-refractivity contribution < 1.29 is 39.9 Å². The molecule has 6 nitrogen and oxygen atoms in total. The average molecular weight is 525 g/mol. The Labute approximate surface area is 196 Å². The summed E-state index contributed by atoms with van der Waals surface area (Å²) in [6, 6.07) is 3.40. The van der Waals surface area contributed by atoms with E-state index in [1.807, 2.05) is 0 Å². The molecule has 2 heterocycles. The molecule has 34 heavy (non-hydrogen) atoms. The number of likely N-dealkylation sites (tertiary alicyclic amines) is 1. The zero-order chi connectivity index (χ0) is 25.3. The van der Waals surface area contributed by atoms with Crippen LogP contribution in [0.15, 0.2) is 28.5 Å². The van der Waals surface area contributed by atoms with E-state index in [-0.39, 0.29) is 40.9 Å². The number of hydrogen-bond acceptors (Lipinski definition) is 6. The van der Waals surface area contributed by atoms with E-state index < -0.39 is 44.4 Å². The van der Waals surface area contributed by atoms with Gasteiger partial charge >= 0.3 is 6.18 Å². The third-order valence-electron chi connectivity index (χ3n) is 6.32. The van der Waals surface area contributed by atoms with Crippen LogP contribution in [0.25, 0.3) is 0 Å². The number of amides is 1. The number of thiazole rings is 1. The monoisotopic (exact) mass is 524 g/mol. The standard InChI is InChI=1S/C21H21F5N2O4S2/c1-11(19(2,22)23)32-15-5-4-13(34(3,30)31)6-14(15)17(29)28-8-12-7-20(12,10-28)16-9-33-18(27-16)21(24,25)26/h4-6,9,11-12H,7-8,10H2,1-3H3/t11-,12?,20?/m0/s1. The molecule has 0 radical (unpaired) electrons. The lowest BCUT2D eigenvalue weighted by atomic mass is 10.0. The third kappa shape index (κ3) is 4.51. The first kappa shape index (κ1) is 24.8. The molecule has 3 atom stereocenters. The molecule has 1 aliphatic heterocycles. The van der Waals surface area contributed by atoms with Crippen LogP contribution in [-0.4, -0.2) is 55.6 Å². The number of carbonyl (C=O) groups is 1. The van der Waals surface area contributed by atoms with Crippen LogP contribution in [0.1, 0.15) is 41.3 Å². The van der Waals surface area contributed by atoms with Gasteiger partial charge in [-0.05, 0) is 37.5 Å². The first-order valence-corrected chi connectivity index (χ1v) is 13.0. The Hall–Kier alpha value is -2.28. The summed E-state index contributed by atoms with van der Waals surface area (Å²) in [7, 11) is -3.71. The molecule has 1 aliphatic carbocycles. The Morgan fingerprint density at radius 1 is 1.29 bits per heavy atom. The number of sulfone groups is 1. The van der Waals surface area contributed by atoms with Crippen molar-refractivity contribution in [1.82, 2.24) is 9.88 Å². The molecule has 0 bridgehead atoms. The molecule has 4 rings (SSSR count). The number of ether oxygens (including phenoxy) is 1. The van der Waals surface area contributed by atoms with Gasteiger partial charge in [-0.2, -0.15) is 13.2 Å². The predicted octanol–water partition coefficient (Wildman–Crippen LogP) is 4.40. The van der Waals surface area contributed by atoms with Crippen LogP contribution in [0, 0.1) is 5.92 Å². The van der Waals surface area contributed by atoms with Gasteiger partial charge in [0.05, 0.1) is 16.2 Å². The fourth-order valence-electron chi connectivity index (χ4n) is 4.14. The molecule has 1 saturated heterocycles. The van der Waals surface area contributed by atoms with Crippen molar-refractivity contribution in [3.8, 4) is 5.75 Å². The fraction of sp³-hybridized carbons (Fsp3) is 0.524. The van der Waals surface area contributed by atoms with Crippen LogP contribution < -0.4 is 4.74 Å². The maximum Gasteiger partial charge on any atom is 0.443 e. The van der Waals surface area contributed by atoms with Gasteiger partial charge in [-0.1, -0.05) is 0 Å². The van der Waals surface area contributed by atoms with E-state index in [1.165, 1.54) is 16.3 Å². The summed E-state index contributed by atoms with van der Waals surface area (Å²) in [5.74, 6) is -4.17. The van der Waals surface area contributed by atoms with Gasteiger partial charge in [0.25, 0.3) is 11.8 Å². The molecule has 2 aromatic rings. The van der Waals surface area contributed by atoms with Gasteiger partial charge in [0.15, 0.2) is 20.9 Å². The Bertz CT molecular complexity index is 1240. The van der Waals surface area contributed by atoms with Gasteiger partial charge in [-0.25, -0.2) is 22.2 Å². The highest BCUT2D eigenvalue weighted by Crippen LogP contribution is 2.59. The first-order chi connectivity index (χ1) is 15.5. The van der Waals surface area contributed by atoms with Gasteiger partial charge in [-0.15, -0.1) is 11.3 Å². The third-order valence-corrected chi connectivity index (χ3v) is 8.31. The van der Waals surface area contributed by atoms with Crippen LogP contribution in [0.4, 0.5) is 22.0 Å². The molecule has 2 aliphatic rings. The minimum atomic E-state index is -4.56. The lowest BCUT2D eigenvalue weighted by Crippen LogP contribution is -2.35. The normalized spacial score (nSPS) is 23.5. The number of halogens is 5. The van der Waals surface area contributed by atoms with E-state index in [9.17, 15) is 35.2 Å². The molecule has 1 aromatic carbocycles. The van der Waals surface area contributed by atoms with Crippen molar-refractivity contribution in [2.75, 3.05) is 19.3 Å². The Balaban J connectivity index is 1.63. The van der Waals surface area contributed by atoms with E-state index in [4.69, 9.17) is 4.74 Å². The number of alkyl halides is 5. The van der Waals surface area contributed by atoms with E-state index in [1.54, 1.807) is 0 Å². The molecule has 0 N–H and O–H groups in total. The quantitative estimate of drug-likeness (QED) is 0.524. The van der Waals surface area contributed by atoms with E-state index in [0.717, 1.165) is 25.3 Å². The second-order valence-corrected chi connectivity index (χ2v) is 11.8. The van der Waals surface area contributed by atoms with Crippen molar-refractivity contribution in [3.05, 3.63) is 39.8 Å². The fourth-order valence-corrected chi connectivity index (χ4v) is 5.58. The SMILES string of the molecule is C[C@H](Oc1ccc(S(C)(=O)=O)cc1C(=O)N1CC2CC2(c2csc(C(F)(F)F)n2)C1)C(C)(F)F. The number of carbonyl (C=O) groups excluding carboxylic acids is 1. The number of benzene rings is 1. The second kappa shape index (κ2) is 7.87. The molecule has 1 aromatic heterocycles. The maximum absolute atomic E-state index is 13.7. The second-order valence-electron chi connectivity index (χ2n) is 8.93. The van der Waals surface area contributed by atoms with E-state index >= 15 is 0 Å². The number of hydrogen-bond donors (Lipinski definition) is 0. The van der Waals surface area contributed by atoms with Crippen molar-refractivity contribution in [2.45, 2.75) is 48.8 Å². The number of fused-ring (bicyclic) bond motifs is 1. The Kier molecular flexibility index (Phi) is 5.75. The van der Waals surface area contributed by atoms with Crippen molar-refractivity contribution >= 4 is 27.1 Å². The molecule has 186 valence electrons. The maximum atomic E-state index is 13.7. The van der Waals surface area contributed by atoms with Crippen molar-refractivity contribution in [3.63, 3.8) is 0 Å². The molecule has 13 heteroatoms. The van der Waals surface area contributed by atoms with Crippen molar-refractivity contribution in [1.29, 1.82) is 0 Å². The smallest absolute Gasteiger partial charge is 0.443 e. The van der Waals surface area contributed by atoms with Crippen LogP contribution in [0.5, 0.6) is 5.75 Å². The average Bonchev–Trinajstić information content (AvgIpc) is 3.07. The Morgan fingerprint density at radius 3 is 2.53 bits per heavy atom. The highest BCUT2D eigenvalue weighted by atomic mass is 32.2. The molecule has 1 saturated carbocycles. The van der Waals surface area contributed by atoms with Gasteiger partial charge in [0.1, 0.15) is 5.75 Å². The van der Waals surface area contributed by atoms with Crippen LogP contribution in [0.2, 0.25) is 0 Å².